The number of ether oxygens (including phenoxy) is 5. The van der Waals surface area contributed by atoms with E-state index in [9.17, 15) is 14.4 Å². The van der Waals surface area contributed by atoms with Crippen LogP contribution in [0.25, 0.3) is 0 Å². The van der Waals surface area contributed by atoms with Crippen molar-refractivity contribution in [3.8, 4) is 0 Å². The van der Waals surface area contributed by atoms with E-state index < -0.39 is 52.8 Å². The van der Waals surface area contributed by atoms with Gasteiger partial charge in [0.15, 0.2) is 5.60 Å². The Morgan fingerprint density at radius 1 is 1.21 bits per heavy atom. The molecule has 1 aliphatic carbocycles. The highest BCUT2D eigenvalue weighted by Crippen LogP contribution is 2.50. The van der Waals surface area contributed by atoms with Gasteiger partial charge >= 0.3 is 17.9 Å². The number of carbonyl (C=O) groups excluding carboxylic acids is 3. The van der Waals surface area contributed by atoms with Crippen molar-refractivity contribution in [1.29, 1.82) is 0 Å². The van der Waals surface area contributed by atoms with Gasteiger partial charge in [0.1, 0.15) is 12.2 Å². The van der Waals surface area contributed by atoms with Crippen LogP contribution in [0.1, 0.15) is 67.7 Å². The minimum atomic E-state index is -1.63. The molecule has 3 fully saturated rings. The molecule has 0 aromatic carbocycles. The monoisotopic (exact) mass is 462 g/mol. The minimum Gasteiger partial charge on any atom is -0.459 e. The summed E-state index contributed by atoms with van der Waals surface area (Å²) >= 11 is 0. The van der Waals surface area contributed by atoms with Gasteiger partial charge in [0.05, 0.1) is 23.7 Å². The molecule has 0 aromatic rings. The smallest absolute Gasteiger partial charge is 0.351 e. The number of esters is 3. The zero-order valence-electron chi connectivity index (χ0n) is 20.4. The van der Waals surface area contributed by atoms with Gasteiger partial charge in [-0.15, -0.1) is 0 Å². The number of epoxide rings is 2. The van der Waals surface area contributed by atoms with E-state index in [1.807, 2.05) is 19.9 Å². The van der Waals surface area contributed by atoms with Gasteiger partial charge in [0, 0.05) is 12.0 Å². The van der Waals surface area contributed by atoms with Crippen LogP contribution in [0.2, 0.25) is 0 Å². The molecule has 182 valence electrons. The number of fused-ring (bicyclic) bond motifs is 2. The fourth-order valence-electron chi connectivity index (χ4n) is 4.97. The third-order valence-electron chi connectivity index (χ3n) is 7.79. The third kappa shape index (κ3) is 4.12. The van der Waals surface area contributed by atoms with Gasteiger partial charge in [-0.1, -0.05) is 11.6 Å². The molecule has 0 unspecified atom stereocenters. The van der Waals surface area contributed by atoms with Gasteiger partial charge in [-0.25, -0.2) is 14.4 Å². The van der Waals surface area contributed by atoms with Crippen molar-refractivity contribution in [2.24, 2.45) is 5.92 Å². The van der Waals surface area contributed by atoms with Gasteiger partial charge < -0.3 is 23.7 Å². The fourth-order valence-corrected chi connectivity index (χ4v) is 4.97. The van der Waals surface area contributed by atoms with Gasteiger partial charge in [0.25, 0.3) is 0 Å². The molecule has 3 heterocycles. The Morgan fingerprint density at radius 2 is 1.88 bits per heavy atom. The average molecular weight is 463 g/mol. The Balaban J connectivity index is 1.73. The summed E-state index contributed by atoms with van der Waals surface area (Å²) < 4.78 is 29.0. The molecule has 0 bridgehead atoms. The van der Waals surface area contributed by atoms with Crippen LogP contribution in [0.15, 0.2) is 23.3 Å². The Labute approximate surface area is 194 Å². The number of hydrogen-bond acceptors (Lipinski definition) is 8. The molecule has 3 saturated heterocycles. The van der Waals surface area contributed by atoms with Crippen LogP contribution in [-0.2, 0) is 38.1 Å². The molecule has 4 aliphatic rings. The van der Waals surface area contributed by atoms with E-state index >= 15 is 0 Å². The van der Waals surface area contributed by atoms with Crippen molar-refractivity contribution >= 4 is 17.9 Å². The van der Waals surface area contributed by atoms with Crippen molar-refractivity contribution in [3.63, 3.8) is 0 Å². The molecule has 0 N–H and O–H groups in total. The zero-order chi connectivity index (χ0) is 24.3. The molecule has 8 heteroatoms. The number of carbonyl (C=O) groups is 3. The minimum absolute atomic E-state index is 0.0682. The molecule has 0 amide bonds. The lowest BCUT2D eigenvalue weighted by Crippen LogP contribution is -2.51. The number of allylic oxidation sites excluding steroid dienone is 2. The van der Waals surface area contributed by atoms with Crippen molar-refractivity contribution in [1.82, 2.24) is 0 Å². The maximum atomic E-state index is 13.2. The van der Waals surface area contributed by atoms with Crippen molar-refractivity contribution in [2.45, 2.75) is 109 Å². The van der Waals surface area contributed by atoms with Gasteiger partial charge in [-0.05, 0) is 67.4 Å². The van der Waals surface area contributed by atoms with Crippen LogP contribution in [0.3, 0.4) is 0 Å². The third-order valence-corrected chi connectivity index (χ3v) is 7.79. The predicted octanol–water partition coefficient (Wildman–Crippen LogP) is 3.17. The molecule has 0 aromatic heterocycles. The van der Waals surface area contributed by atoms with E-state index in [0.717, 1.165) is 18.4 Å². The normalized spacial score (nSPS) is 46.2. The van der Waals surface area contributed by atoms with Crippen LogP contribution in [0.5, 0.6) is 0 Å². The Hall–Kier alpha value is -2.19. The van der Waals surface area contributed by atoms with E-state index in [-0.39, 0.29) is 12.2 Å². The summed E-state index contributed by atoms with van der Waals surface area (Å²) in [7, 11) is 0. The predicted molar refractivity (Wildman–Crippen MR) is 117 cm³/mol. The molecular weight excluding hydrogens is 428 g/mol. The lowest BCUT2D eigenvalue weighted by Gasteiger charge is -2.34. The first-order valence-corrected chi connectivity index (χ1v) is 11.7. The lowest BCUT2D eigenvalue weighted by molar-refractivity contribution is -0.175. The van der Waals surface area contributed by atoms with E-state index in [1.54, 1.807) is 40.7 Å². The summed E-state index contributed by atoms with van der Waals surface area (Å²) in [6.45, 7) is 12.3. The van der Waals surface area contributed by atoms with Crippen molar-refractivity contribution in [3.05, 3.63) is 23.3 Å². The molecule has 3 aliphatic heterocycles. The standard InChI is InChI=1S/C25H34O8/c1-8-14(3)20(26)33-25(7)19-16(29-21(27)24(6)15(4)31-24)11-13(2)9-10-18-23(5,32-18)12-17(19)30-22(25)28/h8,11,15-19H,9-10,12H2,1-7H3/b13-11+,14-8-/t15-,16-,17-,18-,19-,23-,24-,25-/m0/s1. The molecular formula is C25H34O8. The quantitative estimate of drug-likeness (QED) is 0.206. The van der Waals surface area contributed by atoms with E-state index in [4.69, 9.17) is 23.7 Å². The second-order valence-electron chi connectivity index (χ2n) is 10.3. The summed E-state index contributed by atoms with van der Waals surface area (Å²) in [4.78, 5) is 38.9. The highest BCUT2D eigenvalue weighted by molar-refractivity contribution is 5.92. The van der Waals surface area contributed by atoms with Crippen LogP contribution in [0.4, 0.5) is 0 Å². The summed E-state index contributed by atoms with van der Waals surface area (Å²) in [6, 6.07) is 0. The van der Waals surface area contributed by atoms with Crippen LogP contribution >= 0.6 is 0 Å². The molecule has 4 rings (SSSR count). The summed E-state index contributed by atoms with van der Waals surface area (Å²) in [5.74, 6) is -2.51. The van der Waals surface area contributed by atoms with Crippen LogP contribution < -0.4 is 0 Å². The van der Waals surface area contributed by atoms with E-state index in [2.05, 4.69) is 0 Å². The van der Waals surface area contributed by atoms with Crippen molar-refractivity contribution < 1.29 is 38.1 Å². The Morgan fingerprint density at radius 3 is 2.48 bits per heavy atom. The Bertz CT molecular complexity index is 937. The SMILES string of the molecule is C/C=C(/C)C(=O)O[C@]1(C)C(=O)O[C@H]2C[C@]3(C)O[C@H]3CC/C(C)=C/[C@H](OC(=O)[C@@]3(C)O[C@H]3C)[C@@H]21. The zero-order valence-corrected chi connectivity index (χ0v) is 20.4. The summed E-state index contributed by atoms with van der Waals surface area (Å²) in [5, 5.41) is 0. The first kappa shape index (κ1) is 24.0. The second-order valence-corrected chi connectivity index (χ2v) is 10.3. The summed E-state index contributed by atoms with van der Waals surface area (Å²) in [5.41, 5.74) is -1.73. The molecule has 0 spiro atoms. The molecule has 0 radical (unpaired) electrons. The first-order chi connectivity index (χ1) is 15.3. The van der Waals surface area contributed by atoms with E-state index in [0.29, 0.717) is 12.0 Å². The number of rotatable bonds is 4. The topological polar surface area (TPSA) is 104 Å². The van der Waals surface area contributed by atoms with E-state index in [1.165, 1.54) is 0 Å². The van der Waals surface area contributed by atoms with Crippen molar-refractivity contribution in [2.75, 3.05) is 0 Å². The molecule has 8 atom stereocenters. The largest absolute Gasteiger partial charge is 0.459 e. The highest BCUT2D eigenvalue weighted by atomic mass is 16.7. The first-order valence-electron chi connectivity index (χ1n) is 11.7. The second kappa shape index (κ2) is 7.94. The highest BCUT2D eigenvalue weighted by Gasteiger charge is 2.66. The lowest BCUT2D eigenvalue weighted by atomic mass is 9.77. The average Bonchev–Trinajstić information content (AvgIpc) is 3.55. The fraction of sp³-hybridized carbons (Fsp3) is 0.720. The summed E-state index contributed by atoms with van der Waals surface area (Å²) in [6.07, 6.45) is 3.81. The molecule has 8 nitrogen and oxygen atoms in total. The van der Waals surface area contributed by atoms with Gasteiger partial charge in [-0.2, -0.15) is 0 Å². The van der Waals surface area contributed by atoms with Crippen LogP contribution in [-0.4, -0.2) is 59.1 Å². The van der Waals surface area contributed by atoms with Gasteiger partial charge in [-0.3, -0.25) is 0 Å². The maximum Gasteiger partial charge on any atom is 0.351 e. The molecule has 0 saturated carbocycles. The van der Waals surface area contributed by atoms with Gasteiger partial charge in [0.2, 0.25) is 5.60 Å². The number of hydrogen-bond donors (Lipinski definition) is 0. The molecule has 33 heavy (non-hydrogen) atoms. The maximum absolute atomic E-state index is 13.2. The van der Waals surface area contributed by atoms with Crippen LogP contribution in [0, 0.1) is 5.92 Å². The Kier molecular flexibility index (Phi) is 5.77.